The Hall–Kier alpha value is -3.61. The third kappa shape index (κ3) is 6.33. The summed E-state index contributed by atoms with van der Waals surface area (Å²) in [6.07, 6.45) is 2.61. The quantitative estimate of drug-likeness (QED) is 0.305. The van der Waals surface area contributed by atoms with Gasteiger partial charge in [-0.25, -0.2) is 0 Å². The number of hydrogen-bond donors (Lipinski definition) is 3. The van der Waals surface area contributed by atoms with Crippen LogP contribution in [0.4, 0.5) is 11.4 Å². The van der Waals surface area contributed by atoms with Crippen LogP contribution in [-0.4, -0.2) is 42.5 Å². The minimum Gasteiger partial charge on any atom is -0.481 e. The molecule has 0 fully saturated rings. The molecule has 3 aromatic rings. The highest BCUT2D eigenvalue weighted by atomic mass is 35.5. The summed E-state index contributed by atoms with van der Waals surface area (Å²) >= 11 is 6.16. The van der Waals surface area contributed by atoms with Crippen LogP contribution in [-0.2, 0) is 22.4 Å². The van der Waals surface area contributed by atoms with Crippen molar-refractivity contribution in [3.8, 4) is 0 Å². The Labute approximate surface area is 216 Å². The van der Waals surface area contributed by atoms with Gasteiger partial charge in [-0.15, -0.1) is 0 Å². The normalized spacial score (nSPS) is 13.9. The number of aliphatic carboxylic acids is 1. The number of amides is 1. The average Bonchev–Trinajstić information content (AvgIpc) is 3.16. The van der Waals surface area contributed by atoms with Gasteiger partial charge in [0.15, 0.2) is 0 Å². The fourth-order valence-electron chi connectivity index (χ4n) is 4.26. The number of carbonyl (C=O) groups is 2. The van der Waals surface area contributed by atoms with Crippen molar-refractivity contribution in [3.63, 3.8) is 0 Å². The summed E-state index contributed by atoms with van der Waals surface area (Å²) in [5.74, 6) is -1.03. The average molecular weight is 504 g/mol. The largest absolute Gasteiger partial charge is 0.481 e. The second-order valence-corrected chi connectivity index (χ2v) is 9.65. The number of anilines is 2. The number of nitrogens with one attached hydrogen (secondary N) is 2. The molecule has 0 saturated carbocycles. The van der Waals surface area contributed by atoms with Crippen LogP contribution in [0.2, 0.25) is 5.02 Å². The first kappa shape index (κ1) is 25.5. The molecule has 1 heterocycles. The van der Waals surface area contributed by atoms with Crippen LogP contribution in [0, 0.1) is 0 Å². The molecule has 1 aliphatic heterocycles. The van der Waals surface area contributed by atoms with E-state index in [9.17, 15) is 9.59 Å². The van der Waals surface area contributed by atoms with Crippen molar-refractivity contribution in [3.05, 3.63) is 94.0 Å². The highest BCUT2D eigenvalue weighted by molar-refractivity contribution is 6.38. The van der Waals surface area contributed by atoms with Crippen molar-refractivity contribution >= 4 is 46.1 Å². The van der Waals surface area contributed by atoms with E-state index in [-0.39, 0.29) is 12.3 Å². The number of carboxylic acid groups (broad SMARTS) is 1. The maximum Gasteiger partial charge on any atom is 0.303 e. The summed E-state index contributed by atoms with van der Waals surface area (Å²) in [7, 11) is 4.15. The second kappa shape index (κ2) is 11.4. The lowest BCUT2D eigenvalue weighted by Gasteiger charge is -2.16. The van der Waals surface area contributed by atoms with Gasteiger partial charge < -0.3 is 20.6 Å². The maximum absolute atomic E-state index is 13.1. The molecule has 7 heteroatoms. The third-order valence-electron chi connectivity index (χ3n) is 6.14. The van der Waals surface area contributed by atoms with E-state index in [1.54, 1.807) is 12.1 Å². The van der Waals surface area contributed by atoms with E-state index in [0.29, 0.717) is 28.4 Å². The van der Waals surface area contributed by atoms with Crippen LogP contribution < -0.4 is 10.6 Å². The van der Waals surface area contributed by atoms with Crippen LogP contribution in [0.3, 0.4) is 0 Å². The maximum atomic E-state index is 13.1. The monoisotopic (exact) mass is 503 g/mol. The zero-order valence-electron chi connectivity index (χ0n) is 20.5. The van der Waals surface area contributed by atoms with Crippen LogP contribution in [0.5, 0.6) is 0 Å². The van der Waals surface area contributed by atoms with Gasteiger partial charge in [0.25, 0.3) is 5.91 Å². The van der Waals surface area contributed by atoms with Crippen molar-refractivity contribution in [2.45, 2.75) is 25.7 Å². The Bertz CT molecular complexity index is 1280. The number of rotatable bonds is 10. The van der Waals surface area contributed by atoms with Gasteiger partial charge in [0, 0.05) is 22.7 Å². The van der Waals surface area contributed by atoms with Crippen molar-refractivity contribution in [1.29, 1.82) is 0 Å². The number of carbonyl (C=O) groups excluding carboxylic acids is 1. The van der Waals surface area contributed by atoms with Crippen LogP contribution in [0.25, 0.3) is 11.3 Å². The Kier molecular flexibility index (Phi) is 8.08. The van der Waals surface area contributed by atoms with Crippen LogP contribution >= 0.6 is 11.6 Å². The summed E-state index contributed by atoms with van der Waals surface area (Å²) in [4.78, 5) is 26.2. The minimum atomic E-state index is -0.827. The zero-order valence-corrected chi connectivity index (χ0v) is 21.2. The van der Waals surface area contributed by atoms with Crippen molar-refractivity contribution in [2.75, 3.05) is 31.3 Å². The van der Waals surface area contributed by atoms with E-state index < -0.39 is 5.97 Å². The minimum absolute atomic E-state index is 0.0724. The lowest BCUT2D eigenvalue weighted by atomic mass is 9.98. The molecule has 0 aliphatic carbocycles. The highest BCUT2D eigenvalue weighted by Gasteiger charge is 2.28. The summed E-state index contributed by atoms with van der Waals surface area (Å²) in [5, 5.41) is 15.9. The standard InChI is InChI=1S/C29H30ClN3O3/c1-33(2)17-3-4-19-7-13-23(14-8-19)31-28(21-10-5-20(6-11-21)9-16-26(34)35)27-24-15-12-22(30)18-25(24)32-29(27)36/h5-8,10-15,18,31H,3-4,9,16-17H2,1-2H3,(H,32,36)(H,34,35)/b28-27-. The molecule has 36 heavy (non-hydrogen) atoms. The molecule has 0 aromatic heterocycles. The third-order valence-corrected chi connectivity index (χ3v) is 6.38. The molecule has 0 unspecified atom stereocenters. The van der Waals surface area contributed by atoms with E-state index in [2.05, 4.69) is 41.8 Å². The first-order chi connectivity index (χ1) is 17.3. The molecule has 1 amide bonds. The number of aryl methyl sites for hydroxylation is 2. The molecular weight excluding hydrogens is 474 g/mol. The number of benzene rings is 3. The van der Waals surface area contributed by atoms with E-state index >= 15 is 0 Å². The van der Waals surface area contributed by atoms with Crippen molar-refractivity contribution < 1.29 is 14.7 Å². The van der Waals surface area contributed by atoms with Crippen LogP contribution in [0.15, 0.2) is 66.7 Å². The predicted octanol–water partition coefficient (Wildman–Crippen LogP) is 5.78. The number of hydrogen-bond acceptors (Lipinski definition) is 4. The fourth-order valence-corrected chi connectivity index (χ4v) is 4.43. The molecule has 0 radical (unpaired) electrons. The SMILES string of the molecule is CN(C)CCCc1ccc(N/C(=C2\C(=O)Nc3cc(Cl)ccc32)c2ccc(CCC(=O)O)cc2)cc1. The van der Waals surface area contributed by atoms with E-state index in [1.807, 2.05) is 42.5 Å². The van der Waals surface area contributed by atoms with Gasteiger partial charge >= 0.3 is 5.97 Å². The van der Waals surface area contributed by atoms with E-state index in [0.717, 1.165) is 41.8 Å². The summed E-state index contributed by atoms with van der Waals surface area (Å²) < 4.78 is 0. The summed E-state index contributed by atoms with van der Waals surface area (Å²) in [5.41, 5.74) is 6.57. The first-order valence-corrected chi connectivity index (χ1v) is 12.4. The van der Waals surface area contributed by atoms with Gasteiger partial charge in [0.2, 0.25) is 0 Å². The van der Waals surface area contributed by atoms with Crippen LogP contribution in [0.1, 0.15) is 35.1 Å². The smallest absolute Gasteiger partial charge is 0.303 e. The van der Waals surface area contributed by atoms with Gasteiger partial charge in [-0.05, 0) is 80.9 Å². The molecular formula is C29H30ClN3O3. The van der Waals surface area contributed by atoms with Gasteiger partial charge in [-0.1, -0.05) is 54.1 Å². The van der Waals surface area contributed by atoms with Gasteiger partial charge in [-0.2, -0.15) is 0 Å². The molecule has 4 rings (SSSR count). The van der Waals surface area contributed by atoms with E-state index in [4.69, 9.17) is 16.7 Å². The Balaban J connectivity index is 1.67. The Morgan fingerprint density at radius 3 is 2.31 bits per heavy atom. The number of carboxylic acids is 1. The van der Waals surface area contributed by atoms with Gasteiger partial charge in [0.1, 0.15) is 0 Å². The number of nitrogens with zero attached hydrogens (tertiary/aromatic N) is 1. The summed E-state index contributed by atoms with van der Waals surface area (Å²) in [6, 6.07) is 21.3. The first-order valence-electron chi connectivity index (χ1n) is 12.0. The molecule has 0 atom stereocenters. The molecule has 6 nitrogen and oxygen atoms in total. The predicted molar refractivity (Wildman–Crippen MR) is 146 cm³/mol. The molecule has 1 aliphatic rings. The number of fused-ring (bicyclic) bond motifs is 1. The molecule has 3 N–H and O–H groups in total. The fraction of sp³-hybridized carbons (Fsp3) is 0.241. The Morgan fingerprint density at radius 2 is 1.64 bits per heavy atom. The summed E-state index contributed by atoms with van der Waals surface area (Å²) in [6.45, 7) is 1.04. The van der Waals surface area contributed by atoms with E-state index in [1.165, 1.54) is 5.56 Å². The van der Waals surface area contributed by atoms with Crippen molar-refractivity contribution in [2.24, 2.45) is 0 Å². The lowest BCUT2D eigenvalue weighted by molar-refractivity contribution is -0.137. The number of halogens is 1. The molecule has 0 bridgehead atoms. The highest BCUT2D eigenvalue weighted by Crippen LogP contribution is 2.38. The molecule has 0 spiro atoms. The van der Waals surface area contributed by atoms with Gasteiger partial charge in [-0.3, -0.25) is 9.59 Å². The van der Waals surface area contributed by atoms with Crippen molar-refractivity contribution in [1.82, 2.24) is 4.90 Å². The zero-order chi connectivity index (χ0) is 25.7. The van der Waals surface area contributed by atoms with Gasteiger partial charge in [0.05, 0.1) is 17.0 Å². The molecule has 186 valence electrons. The molecule has 0 saturated heterocycles. The second-order valence-electron chi connectivity index (χ2n) is 9.21. The topological polar surface area (TPSA) is 81.7 Å². The Morgan fingerprint density at radius 1 is 0.972 bits per heavy atom. The lowest BCUT2D eigenvalue weighted by Crippen LogP contribution is -2.13. The molecule has 3 aromatic carbocycles.